The summed E-state index contributed by atoms with van der Waals surface area (Å²) in [6.07, 6.45) is 0. The topological polar surface area (TPSA) is 114 Å². The highest BCUT2D eigenvalue weighted by atomic mass is 35.5. The molecule has 2 aromatic carbocycles. The van der Waals surface area contributed by atoms with E-state index >= 15 is 0 Å². The van der Waals surface area contributed by atoms with Gasteiger partial charge in [-0.25, -0.2) is 8.42 Å². The van der Waals surface area contributed by atoms with Gasteiger partial charge >= 0.3 is 0 Å². The minimum absolute atomic E-state index is 0.0321. The number of carbonyl (C=O) groups is 1. The maximum atomic E-state index is 12.2. The van der Waals surface area contributed by atoms with E-state index in [0.717, 1.165) is 0 Å². The molecule has 0 unspecified atom stereocenters. The summed E-state index contributed by atoms with van der Waals surface area (Å²) in [5.41, 5.74) is 1.39. The fraction of sp³-hybridized carbons (Fsp3) is 0.167. The van der Waals surface area contributed by atoms with Crippen LogP contribution in [0.15, 0.2) is 53.1 Å². The number of aromatic nitrogens is 2. The molecule has 0 saturated carbocycles. The van der Waals surface area contributed by atoms with Crippen molar-refractivity contribution in [3.63, 3.8) is 0 Å². The van der Waals surface area contributed by atoms with E-state index in [-0.39, 0.29) is 24.1 Å². The summed E-state index contributed by atoms with van der Waals surface area (Å²) in [6, 6.07) is 13.2. The second kappa shape index (κ2) is 8.41. The summed E-state index contributed by atoms with van der Waals surface area (Å²) >= 11 is 6.10. The molecule has 1 heterocycles. The smallest absolute Gasteiger partial charge is 0.251 e. The quantitative estimate of drug-likeness (QED) is 0.607. The maximum absolute atomic E-state index is 12.2. The van der Waals surface area contributed by atoms with Gasteiger partial charge in [-0.3, -0.25) is 9.52 Å². The lowest BCUT2D eigenvalue weighted by molar-refractivity contribution is 0.0946. The number of halogens is 1. The second-order valence-electron chi connectivity index (χ2n) is 5.76. The Hall–Kier alpha value is -2.91. The summed E-state index contributed by atoms with van der Waals surface area (Å²) in [7, 11) is -3.36. The second-order valence-corrected chi connectivity index (χ2v) is 8.18. The van der Waals surface area contributed by atoms with Crippen LogP contribution in [-0.4, -0.2) is 30.2 Å². The Morgan fingerprint density at radius 3 is 2.54 bits per heavy atom. The molecule has 0 atom stereocenters. The van der Waals surface area contributed by atoms with Crippen molar-refractivity contribution < 1.29 is 17.7 Å². The number of benzene rings is 2. The normalized spacial score (nSPS) is 11.2. The third-order valence-electron chi connectivity index (χ3n) is 3.78. The molecular formula is C18H17ClN4O4S. The molecule has 0 aliphatic heterocycles. The highest BCUT2D eigenvalue weighted by Gasteiger charge is 2.13. The molecule has 0 saturated heterocycles. The number of nitrogens with zero attached hydrogens (tertiary/aromatic N) is 2. The van der Waals surface area contributed by atoms with Gasteiger partial charge in [-0.1, -0.05) is 28.9 Å². The van der Waals surface area contributed by atoms with E-state index in [2.05, 4.69) is 20.2 Å². The van der Waals surface area contributed by atoms with Crippen LogP contribution < -0.4 is 10.0 Å². The maximum Gasteiger partial charge on any atom is 0.251 e. The molecule has 8 nitrogen and oxygen atoms in total. The predicted octanol–water partition coefficient (Wildman–Crippen LogP) is 3.08. The largest absolute Gasteiger partial charge is 0.343 e. The Bertz CT molecular complexity index is 1080. The lowest BCUT2D eigenvalue weighted by atomic mass is 10.2. The van der Waals surface area contributed by atoms with E-state index in [9.17, 15) is 13.2 Å². The van der Waals surface area contributed by atoms with Crippen LogP contribution in [0.5, 0.6) is 0 Å². The van der Waals surface area contributed by atoms with E-state index < -0.39 is 10.0 Å². The average Bonchev–Trinajstić information content (AvgIpc) is 3.15. The van der Waals surface area contributed by atoms with Crippen LogP contribution in [0.2, 0.25) is 5.02 Å². The number of rotatable bonds is 7. The fourth-order valence-corrected chi connectivity index (χ4v) is 3.14. The Balaban J connectivity index is 1.61. The van der Waals surface area contributed by atoms with Gasteiger partial charge in [0.25, 0.3) is 5.91 Å². The summed E-state index contributed by atoms with van der Waals surface area (Å²) in [4.78, 5) is 16.5. The first-order chi connectivity index (χ1) is 13.4. The monoisotopic (exact) mass is 420 g/mol. The number of hydrogen-bond donors (Lipinski definition) is 2. The van der Waals surface area contributed by atoms with Crippen LogP contribution in [0.25, 0.3) is 11.4 Å². The minimum Gasteiger partial charge on any atom is -0.343 e. The number of anilines is 1. The number of hydrogen-bond acceptors (Lipinski definition) is 6. The molecule has 3 aromatic rings. The fourth-order valence-electron chi connectivity index (χ4n) is 2.28. The van der Waals surface area contributed by atoms with Gasteiger partial charge in [0.05, 0.1) is 17.3 Å². The Morgan fingerprint density at radius 2 is 1.86 bits per heavy atom. The molecule has 0 fully saturated rings. The molecule has 0 radical (unpaired) electrons. The van der Waals surface area contributed by atoms with Crippen molar-refractivity contribution in [2.24, 2.45) is 0 Å². The molecule has 28 heavy (non-hydrogen) atoms. The average molecular weight is 421 g/mol. The van der Waals surface area contributed by atoms with Crippen molar-refractivity contribution in [1.29, 1.82) is 0 Å². The zero-order chi connectivity index (χ0) is 20.1. The van der Waals surface area contributed by atoms with Gasteiger partial charge in [0, 0.05) is 16.8 Å². The van der Waals surface area contributed by atoms with Gasteiger partial charge < -0.3 is 9.84 Å². The highest BCUT2D eigenvalue weighted by molar-refractivity contribution is 7.92. The summed E-state index contributed by atoms with van der Waals surface area (Å²) in [5, 5.41) is 7.03. The van der Waals surface area contributed by atoms with Crippen molar-refractivity contribution in [2.75, 3.05) is 10.5 Å². The SMILES string of the molecule is CCS(=O)(=O)Nc1ccc(C(=O)NCc2nc(-c3ccccc3Cl)no2)cc1. The first-order valence-corrected chi connectivity index (χ1v) is 10.4. The molecule has 3 rings (SSSR count). The lowest BCUT2D eigenvalue weighted by Gasteiger charge is -2.07. The summed E-state index contributed by atoms with van der Waals surface area (Å²) in [6.45, 7) is 1.58. The van der Waals surface area contributed by atoms with Gasteiger partial charge in [0.1, 0.15) is 0 Å². The summed E-state index contributed by atoms with van der Waals surface area (Å²) in [5.74, 6) is 0.177. The van der Waals surface area contributed by atoms with E-state index in [1.807, 2.05) is 6.07 Å². The zero-order valence-corrected chi connectivity index (χ0v) is 16.4. The third kappa shape index (κ3) is 4.87. The van der Waals surface area contributed by atoms with Crippen molar-refractivity contribution >= 4 is 33.2 Å². The molecule has 10 heteroatoms. The molecule has 146 valence electrons. The number of nitrogens with one attached hydrogen (secondary N) is 2. The zero-order valence-electron chi connectivity index (χ0n) is 14.8. The molecule has 1 aromatic heterocycles. The molecule has 0 aliphatic carbocycles. The van der Waals surface area contributed by atoms with Crippen molar-refractivity contribution in [1.82, 2.24) is 15.5 Å². The van der Waals surface area contributed by atoms with Crippen molar-refractivity contribution in [2.45, 2.75) is 13.5 Å². The molecule has 0 aliphatic rings. The molecule has 2 N–H and O–H groups in total. The number of sulfonamides is 1. The highest BCUT2D eigenvalue weighted by Crippen LogP contribution is 2.24. The van der Waals surface area contributed by atoms with Crippen molar-refractivity contribution in [3.05, 3.63) is 65.0 Å². The summed E-state index contributed by atoms with van der Waals surface area (Å²) < 4.78 is 30.6. The van der Waals surface area contributed by atoms with Crippen LogP contribution in [0, 0.1) is 0 Å². The first kappa shape index (κ1) is 19.8. The van der Waals surface area contributed by atoms with Gasteiger partial charge in [-0.05, 0) is 43.3 Å². The standard InChI is InChI=1S/C18H17ClN4O4S/c1-2-28(25,26)23-13-9-7-12(8-10-13)18(24)20-11-16-21-17(22-27-16)14-5-3-4-6-15(14)19/h3-10,23H,2,11H2,1H3,(H,20,24). The van der Waals surface area contributed by atoms with Gasteiger partial charge in [0.2, 0.25) is 21.7 Å². The molecule has 1 amide bonds. The Kier molecular flexibility index (Phi) is 5.96. The lowest BCUT2D eigenvalue weighted by Crippen LogP contribution is -2.23. The predicted molar refractivity (Wildman–Crippen MR) is 105 cm³/mol. The van der Waals surface area contributed by atoms with Crippen molar-refractivity contribution in [3.8, 4) is 11.4 Å². The Labute approximate surface area is 167 Å². The molecular weight excluding hydrogens is 404 g/mol. The van der Waals surface area contributed by atoms with Gasteiger partial charge in [0.15, 0.2) is 0 Å². The van der Waals surface area contributed by atoms with E-state index in [0.29, 0.717) is 27.7 Å². The van der Waals surface area contributed by atoms with Gasteiger partial charge in [-0.2, -0.15) is 4.98 Å². The van der Waals surface area contributed by atoms with Crippen LogP contribution in [0.4, 0.5) is 5.69 Å². The van der Waals surface area contributed by atoms with E-state index in [1.165, 1.54) is 24.3 Å². The number of carbonyl (C=O) groups excluding carboxylic acids is 1. The van der Waals surface area contributed by atoms with E-state index in [4.69, 9.17) is 16.1 Å². The molecule has 0 spiro atoms. The van der Waals surface area contributed by atoms with Crippen LogP contribution >= 0.6 is 11.6 Å². The molecule has 0 bridgehead atoms. The number of amides is 1. The van der Waals surface area contributed by atoms with Crippen LogP contribution in [-0.2, 0) is 16.6 Å². The van der Waals surface area contributed by atoms with Crippen LogP contribution in [0.1, 0.15) is 23.2 Å². The minimum atomic E-state index is -3.36. The Morgan fingerprint density at radius 1 is 1.14 bits per heavy atom. The third-order valence-corrected chi connectivity index (χ3v) is 5.42. The van der Waals surface area contributed by atoms with Gasteiger partial charge in [-0.15, -0.1) is 0 Å². The van der Waals surface area contributed by atoms with Crippen LogP contribution in [0.3, 0.4) is 0 Å². The first-order valence-electron chi connectivity index (χ1n) is 8.34. The van der Waals surface area contributed by atoms with E-state index in [1.54, 1.807) is 25.1 Å².